The van der Waals surface area contributed by atoms with Gasteiger partial charge in [-0.25, -0.2) is 4.79 Å². The van der Waals surface area contributed by atoms with E-state index in [-0.39, 0.29) is 0 Å². The lowest BCUT2D eigenvalue weighted by atomic mass is 10.2. The van der Waals surface area contributed by atoms with E-state index in [4.69, 9.17) is 9.15 Å². The van der Waals surface area contributed by atoms with E-state index in [2.05, 4.69) is 10.6 Å². The zero-order valence-corrected chi connectivity index (χ0v) is 11.7. The van der Waals surface area contributed by atoms with Crippen molar-refractivity contribution in [2.45, 2.75) is 32.9 Å². The van der Waals surface area contributed by atoms with Crippen LogP contribution in [0, 0.1) is 0 Å². The van der Waals surface area contributed by atoms with Gasteiger partial charge in [-0.15, -0.1) is 0 Å². The van der Waals surface area contributed by atoms with Crippen LogP contribution in [-0.2, 0) is 11.3 Å². The first-order valence-corrected chi connectivity index (χ1v) is 6.32. The fraction of sp³-hybridized carbons (Fsp3) is 0.500. The highest BCUT2D eigenvalue weighted by molar-refractivity contribution is 5.67. The lowest BCUT2D eigenvalue weighted by Gasteiger charge is -2.19. The van der Waals surface area contributed by atoms with E-state index < -0.39 is 11.7 Å². The molecular formula is C14H22N2O3. The Morgan fingerprint density at radius 3 is 2.74 bits per heavy atom. The molecule has 0 aromatic carbocycles. The molecule has 106 valence electrons. The maximum atomic E-state index is 11.3. The first kappa shape index (κ1) is 15.3. The van der Waals surface area contributed by atoms with Gasteiger partial charge in [-0.2, -0.15) is 0 Å². The molecule has 0 saturated heterocycles. The Labute approximate surface area is 114 Å². The van der Waals surface area contributed by atoms with Crippen LogP contribution in [0.15, 0.2) is 35.0 Å². The van der Waals surface area contributed by atoms with Crippen molar-refractivity contribution in [3.63, 3.8) is 0 Å². The van der Waals surface area contributed by atoms with Gasteiger partial charge in [-0.05, 0) is 32.9 Å². The van der Waals surface area contributed by atoms with E-state index in [1.165, 1.54) is 0 Å². The summed E-state index contributed by atoms with van der Waals surface area (Å²) in [5.74, 6) is 0.903. The van der Waals surface area contributed by atoms with Gasteiger partial charge in [-0.1, -0.05) is 12.2 Å². The number of rotatable bonds is 6. The Hall–Kier alpha value is -1.75. The van der Waals surface area contributed by atoms with Crippen LogP contribution >= 0.6 is 0 Å². The molecule has 0 spiro atoms. The van der Waals surface area contributed by atoms with Crippen molar-refractivity contribution in [2.75, 3.05) is 13.1 Å². The molecule has 1 rings (SSSR count). The third-order valence-electron chi connectivity index (χ3n) is 2.07. The van der Waals surface area contributed by atoms with Gasteiger partial charge in [0.15, 0.2) is 0 Å². The van der Waals surface area contributed by atoms with Crippen molar-refractivity contribution in [2.24, 2.45) is 0 Å². The Morgan fingerprint density at radius 1 is 1.37 bits per heavy atom. The molecule has 0 atom stereocenters. The highest BCUT2D eigenvalue weighted by atomic mass is 16.6. The lowest BCUT2D eigenvalue weighted by Crippen LogP contribution is -2.32. The minimum absolute atomic E-state index is 0.402. The highest BCUT2D eigenvalue weighted by Crippen LogP contribution is 2.06. The molecule has 0 radical (unpaired) electrons. The summed E-state index contributed by atoms with van der Waals surface area (Å²) < 4.78 is 10.3. The summed E-state index contributed by atoms with van der Waals surface area (Å²) in [6, 6.07) is 3.78. The maximum absolute atomic E-state index is 11.3. The minimum Gasteiger partial charge on any atom is -0.468 e. The Kier molecular flexibility index (Phi) is 6.15. The summed E-state index contributed by atoms with van der Waals surface area (Å²) in [7, 11) is 0. The Balaban J connectivity index is 2.03. The van der Waals surface area contributed by atoms with Crippen LogP contribution in [0.4, 0.5) is 4.79 Å². The van der Waals surface area contributed by atoms with Crippen LogP contribution in [-0.4, -0.2) is 24.8 Å². The molecule has 1 heterocycles. The number of hydrogen-bond acceptors (Lipinski definition) is 4. The first-order chi connectivity index (χ1) is 8.97. The van der Waals surface area contributed by atoms with E-state index in [0.29, 0.717) is 13.1 Å². The lowest BCUT2D eigenvalue weighted by molar-refractivity contribution is 0.0534. The summed E-state index contributed by atoms with van der Waals surface area (Å²) in [6.45, 7) is 7.37. The van der Waals surface area contributed by atoms with E-state index >= 15 is 0 Å². The average molecular weight is 266 g/mol. The summed E-state index contributed by atoms with van der Waals surface area (Å²) in [6.07, 6.45) is 5.07. The number of carbonyl (C=O) groups is 1. The smallest absolute Gasteiger partial charge is 0.407 e. The zero-order valence-electron chi connectivity index (χ0n) is 11.7. The number of carbonyl (C=O) groups excluding carboxylic acids is 1. The first-order valence-electron chi connectivity index (χ1n) is 6.32. The zero-order chi connectivity index (χ0) is 14.1. The third-order valence-corrected chi connectivity index (χ3v) is 2.07. The molecule has 0 bridgehead atoms. The molecule has 0 fully saturated rings. The van der Waals surface area contributed by atoms with Crippen LogP contribution in [0.3, 0.4) is 0 Å². The molecule has 5 heteroatoms. The van der Waals surface area contributed by atoms with Gasteiger partial charge < -0.3 is 19.8 Å². The minimum atomic E-state index is -0.460. The quantitative estimate of drug-likeness (QED) is 0.613. The van der Waals surface area contributed by atoms with E-state index in [0.717, 1.165) is 12.3 Å². The van der Waals surface area contributed by atoms with Crippen LogP contribution in [0.25, 0.3) is 0 Å². The van der Waals surface area contributed by atoms with Gasteiger partial charge in [0.05, 0.1) is 12.8 Å². The SMILES string of the molecule is CC(C)(C)OC(=O)NC/C=C/CNCc1ccco1. The molecule has 5 nitrogen and oxygen atoms in total. The summed E-state index contributed by atoms with van der Waals surface area (Å²) in [4.78, 5) is 11.3. The second-order valence-corrected chi connectivity index (χ2v) is 5.06. The number of amides is 1. The molecular weight excluding hydrogens is 244 g/mol. The van der Waals surface area contributed by atoms with Crippen molar-refractivity contribution >= 4 is 6.09 Å². The molecule has 1 amide bonds. The van der Waals surface area contributed by atoms with E-state index in [1.54, 1.807) is 6.26 Å². The summed E-state index contributed by atoms with van der Waals surface area (Å²) in [5.41, 5.74) is -0.460. The van der Waals surface area contributed by atoms with E-state index in [1.807, 2.05) is 45.1 Å². The monoisotopic (exact) mass is 266 g/mol. The molecule has 0 aliphatic carbocycles. The normalized spacial score (nSPS) is 11.7. The highest BCUT2D eigenvalue weighted by Gasteiger charge is 2.14. The van der Waals surface area contributed by atoms with Gasteiger partial charge in [0, 0.05) is 13.1 Å². The van der Waals surface area contributed by atoms with Crippen molar-refractivity contribution < 1.29 is 13.9 Å². The van der Waals surface area contributed by atoms with Gasteiger partial charge in [0.1, 0.15) is 11.4 Å². The average Bonchev–Trinajstić information content (AvgIpc) is 2.78. The van der Waals surface area contributed by atoms with E-state index in [9.17, 15) is 4.79 Å². The molecule has 0 saturated carbocycles. The van der Waals surface area contributed by atoms with Crippen LogP contribution in [0.1, 0.15) is 26.5 Å². The molecule has 0 aliphatic heterocycles. The number of ether oxygens (including phenoxy) is 1. The molecule has 1 aromatic rings. The number of furan rings is 1. The van der Waals surface area contributed by atoms with Crippen LogP contribution in [0.5, 0.6) is 0 Å². The third kappa shape index (κ3) is 8.05. The van der Waals surface area contributed by atoms with Crippen LogP contribution in [0.2, 0.25) is 0 Å². The van der Waals surface area contributed by atoms with Gasteiger partial charge in [-0.3, -0.25) is 0 Å². The maximum Gasteiger partial charge on any atom is 0.407 e. The second-order valence-electron chi connectivity index (χ2n) is 5.06. The predicted molar refractivity (Wildman–Crippen MR) is 73.8 cm³/mol. The van der Waals surface area contributed by atoms with Gasteiger partial charge >= 0.3 is 6.09 Å². The van der Waals surface area contributed by atoms with Crippen molar-refractivity contribution in [1.82, 2.24) is 10.6 Å². The van der Waals surface area contributed by atoms with Gasteiger partial charge in [0.25, 0.3) is 0 Å². The fourth-order valence-corrected chi connectivity index (χ4v) is 1.31. The number of nitrogens with one attached hydrogen (secondary N) is 2. The molecule has 1 aromatic heterocycles. The summed E-state index contributed by atoms with van der Waals surface area (Å²) >= 11 is 0. The molecule has 0 unspecified atom stereocenters. The van der Waals surface area contributed by atoms with Crippen molar-refractivity contribution in [3.8, 4) is 0 Å². The summed E-state index contributed by atoms with van der Waals surface area (Å²) in [5, 5.41) is 5.84. The standard InChI is InChI=1S/C14H22N2O3/c1-14(2,3)19-13(17)16-9-5-4-8-15-11-12-7-6-10-18-12/h4-7,10,15H,8-9,11H2,1-3H3,(H,16,17)/b5-4+. The van der Waals surface area contributed by atoms with Crippen LogP contribution < -0.4 is 10.6 Å². The molecule has 2 N–H and O–H groups in total. The fourth-order valence-electron chi connectivity index (χ4n) is 1.31. The Morgan fingerprint density at radius 2 is 2.11 bits per heavy atom. The molecule has 0 aliphatic rings. The Bertz CT molecular complexity index is 391. The topological polar surface area (TPSA) is 63.5 Å². The van der Waals surface area contributed by atoms with Crippen molar-refractivity contribution in [1.29, 1.82) is 0 Å². The number of hydrogen-bond donors (Lipinski definition) is 2. The van der Waals surface area contributed by atoms with Gasteiger partial charge in [0.2, 0.25) is 0 Å². The molecule has 19 heavy (non-hydrogen) atoms. The van der Waals surface area contributed by atoms with Crippen molar-refractivity contribution in [3.05, 3.63) is 36.3 Å². The predicted octanol–water partition coefficient (Wildman–Crippen LogP) is 2.45. The number of alkyl carbamates (subject to hydrolysis) is 1. The largest absolute Gasteiger partial charge is 0.468 e. The second kappa shape index (κ2) is 7.63.